The number of benzene rings is 1. The zero-order valence-electron chi connectivity index (χ0n) is 10.6. The lowest BCUT2D eigenvalue weighted by molar-refractivity contribution is -0.140. The van der Waals surface area contributed by atoms with Gasteiger partial charge in [0.05, 0.1) is 7.11 Å². The number of hydrogen-bond acceptors (Lipinski definition) is 4. The van der Waals surface area contributed by atoms with Gasteiger partial charge in [0.15, 0.2) is 0 Å². The fraction of sp³-hybridized carbons (Fsp3) is 0.500. The Balaban J connectivity index is 1.61. The summed E-state index contributed by atoms with van der Waals surface area (Å²) < 4.78 is 10.4. The van der Waals surface area contributed by atoms with E-state index in [0.717, 1.165) is 31.7 Å². The first-order valence-corrected chi connectivity index (χ1v) is 6.31. The maximum absolute atomic E-state index is 10.9. The monoisotopic (exact) mass is 249 g/mol. The topological polar surface area (TPSA) is 47.6 Å². The highest BCUT2D eigenvalue weighted by Gasteiger charge is 2.21. The van der Waals surface area contributed by atoms with Crippen LogP contribution in [-0.2, 0) is 16.0 Å². The van der Waals surface area contributed by atoms with Gasteiger partial charge in [-0.1, -0.05) is 18.2 Å². The Morgan fingerprint density at radius 3 is 3.11 bits per heavy atom. The number of hydrogen-bond donors (Lipinski definition) is 1. The van der Waals surface area contributed by atoms with Crippen LogP contribution in [0.3, 0.4) is 0 Å². The maximum Gasteiger partial charge on any atom is 0.305 e. The summed E-state index contributed by atoms with van der Waals surface area (Å²) in [6, 6.07) is 8.14. The zero-order chi connectivity index (χ0) is 12.8. The minimum Gasteiger partial charge on any atom is -0.488 e. The lowest BCUT2D eigenvalue weighted by Gasteiger charge is -2.11. The van der Waals surface area contributed by atoms with Gasteiger partial charge in [0.2, 0.25) is 0 Å². The third kappa shape index (κ3) is 3.47. The molecule has 0 bridgehead atoms. The highest BCUT2D eigenvalue weighted by molar-refractivity contribution is 5.69. The van der Waals surface area contributed by atoms with Gasteiger partial charge in [-0.15, -0.1) is 0 Å². The van der Waals surface area contributed by atoms with E-state index in [2.05, 4.69) is 16.1 Å². The van der Waals surface area contributed by atoms with Crippen LogP contribution in [-0.4, -0.2) is 32.3 Å². The van der Waals surface area contributed by atoms with Crippen molar-refractivity contribution in [2.24, 2.45) is 0 Å². The van der Waals surface area contributed by atoms with E-state index in [4.69, 9.17) is 4.74 Å². The number of ether oxygens (including phenoxy) is 2. The summed E-state index contributed by atoms with van der Waals surface area (Å²) >= 11 is 0. The van der Waals surface area contributed by atoms with Crippen molar-refractivity contribution < 1.29 is 14.3 Å². The van der Waals surface area contributed by atoms with Crippen LogP contribution in [0.2, 0.25) is 0 Å². The van der Waals surface area contributed by atoms with Gasteiger partial charge in [0, 0.05) is 19.4 Å². The van der Waals surface area contributed by atoms with E-state index in [0.29, 0.717) is 6.42 Å². The fourth-order valence-electron chi connectivity index (χ4n) is 2.09. The molecule has 0 radical (unpaired) electrons. The number of esters is 1. The van der Waals surface area contributed by atoms with Crippen LogP contribution >= 0.6 is 0 Å². The molecule has 1 unspecified atom stereocenters. The molecule has 4 heteroatoms. The summed E-state index contributed by atoms with van der Waals surface area (Å²) in [6.45, 7) is 1.63. The molecular weight excluding hydrogens is 230 g/mol. The molecule has 0 saturated carbocycles. The van der Waals surface area contributed by atoms with Crippen molar-refractivity contribution in [3.8, 4) is 5.75 Å². The molecule has 2 rings (SSSR count). The van der Waals surface area contributed by atoms with Crippen LogP contribution in [0.4, 0.5) is 0 Å². The van der Waals surface area contributed by atoms with E-state index in [1.165, 1.54) is 12.7 Å². The number of carbonyl (C=O) groups is 1. The molecule has 4 nitrogen and oxygen atoms in total. The number of methoxy groups -OCH3 is 1. The second-order valence-electron chi connectivity index (χ2n) is 4.44. The number of fused-ring (bicyclic) bond motifs is 1. The minimum atomic E-state index is -0.152. The molecule has 1 atom stereocenters. The molecule has 98 valence electrons. The quantitative estimate of drug-likeness (QED) is 0.613. The van der Waals surface area contributed by atoms with E-state index >= 15 is 0 Å². The van der Waals surface area contributed by atoms with Crippen LogP contribution in [0.15, 0.2) is 24.3 Å². The fourth-order valence-corrected chi connectivity index (χ4v) is 2.09. The van der Waals surface area contributed by atoms with Gasteiger partial charge in [-0.05, 0) is 24.6 Å². The lowest BCUT2D eigenvalue weighted by atomic mass is 10.1. The first kappa shape index (κ1) is 12.9. The number of nitrogens with one attached hydrogen (secondary N) is 1. The van der Waals surface area contributed by atoms with Crippen molar-refractivity contribution in [1.29, 1.82) is 0 Å². The third-order valence-electron chi connectivity index (χ3n) is 3.05. The third-order valence-corrected chi connectivity index (χ3v) is 3.05. The Labute approximate surface area is 107 Å². The summed E-state index contributed by atoms with van der Waals surface area (Å²) in [7, 11) is 1.42. The van der Waals surface area contributed by atoms with E-state index < -0.39 is 0 Å². The van der Waals surface area contributed by atoms with Gasteiger partial charge >= 0.3 is 5.97 Å². The summed E-state index contributed by atoms with van der Waals surface area (Å²) in [5.74, 6) is 0.847. The first-order valence-electron chi connectivity index (χ1n) is 6.31. The van der Waals surface area contributed by atoms with Gasteiger partial charge in [-0.3, -0.25) is 4.79 Å². The SMILES string of the molecule is COC(=O)CCCNCC1Cc2ccccc2O1. The van der Waals surface area contributed by atoms with Gasteiger partial charge in [0.1, 0.15) is 11.9 Å². The Hall–Kier alpha value is -1.55. The van der Waals surface area contributed by atoms with Crippen molar-refractivity contribution in [3.63, 3.8) is 0 Å². The van der Waals surface area contributed by atoms with Crippen LogP contribution in [0, 0.1) is 0 Å². The smallest absolute Gasteiger partial charge is 0.305 e. The maximum atomic E-state index is 10.9. The molecule has 0 saturated heterocycles. The highest BCUT2D eigenvalue weighted by atomic mass is 16.5. The number of rotatable bonds is 6. The predicted octanol–water partition coefficient (Wildman–Crippen LogP) is 1.53. The summed E-state index contributed by atoms with van der Waals surface area (Å²) in [6.07, 6.45) is 2.43. The Morgan fingerprint density at radius 2 is 2.33 bits per heavy atom. The number of para-hydroxylation sites is 1. The normalized spacial score (nSPS) is 17.1. The van der Waals surface area contributed by atoms with E-state index in [1.807, 2.05) is 18.2 Å². The van der Waals surface area contributed by atoms with Gasteiger partial charge in [-0.2, -0.15) is 0 Å². The molecule has 1 aliphatic heterocycles. The molecule has 0 spiro atoms. The number of carbonyl (C=O) groups excluding carboxylic acids is 1. The van der Waals surface area contributed by atoms with E-state index in [-0.39, 0.29) is 12.1 Å². The molecule has 0 aromatic heterocycles. The van der Waals surface area contributed by atoms with Crippen LogP contribution in [0.1, 0.15) is 18.4 Å². The van der Waals surface area contributed by atoms with Crippen molar-refractivity contribution in [3.05, 3.63) is 29.8 Å². The van der Waals surface area contributed by atoms with Crippen LogP contribution in [0.25, 0.3) is 0 Å². The second-order valence-corrected chi connectivity index (χ2v) is 4.44. The first-order chi connectivity index (χ1) is 8.79. The Morgan fingerprint density at radius 1 is 1.50 bits per heavy atom. The van der Waals surface area contributed by atoms with E-state index in [9.17, 15) is 4.79 Å². The van der Waals surface area contributed by atoms with Crippen molar-refractivity contribution in [1.82, 2.24) is 5.32 Å². The van der Waals surface area contributed by atoms with Gasteiger partial charge in [0.25, 0.3) is 0 Å². The molecule has 1 aromatic rings. The molecular formula is C14H19NO3. The standard InChI is InChI=1S/C14H19NO3/c1-17-14(16)7-4-8-15-10-12-9-11-5-2-3-6-13(11)18-12/h2-3,5-6,12,15H,4,7-10H2,1H3. The summed E-state index contributed by atoms with van der Waals surface area (Å²) in [5, 5.41) is 3.31. The summed E-state index contributed by atoms with van der Waals surface area (Å²) in [4.78, 5) is 10.9. The average molecular weight is 249 g/mol. The highest BCUT2D eigenvalue weighted by Crippen LogP contribution is 2.27. The van der Waals surface area contributed by atoms with Crippen molar-refractivity contribution in [2.45, 2.75) is 25.4 Å². The molecule has 0 aliphatic carbocycles. The zero-order valence-corrected chi connectivity index (χ0v) is 10.6. The van der Waals surface area contributed by atoms with Crippen LogP contribution < -0.4 is 10.1 Å². The average Bonchev–Trinajstić information content (AvgIpc) is 2.80. The van der Waals surface area contributed by atoms with Gasteiger partial charge < -0.3 is 14.8 Å². The molecule has 0 amide bonds. The van der Waals surface area contributed by atoms with Crippen LogP contribution in [0.5, 0.6) is 5.75 Å². The lowest BCUT2D eigenvalue weighted by Crippen LogP contribution is -2.30. The largest absolute Gasteiger partial charge is 0.488 e. The van der Waals surface area contributed by atoms with Gasteiger partial charge in [-0.25, -0.2) is 0 Å². The van der Waals surface area contributed by atoms with E-state index in [1.54, 1.807) is 0 Å². The predicted molar refractivity (Wildman–Crippen MR) is 68.7 cm³/mol. The Bertz CT molecular complexity index is 381. The molecule has 1 aliphatic rings. The molecule has 1 heterocycles. The molecule has 1 N–H and O–H groups in total. The Kier molecular flexibility index (Phi) is 4.59. The van der Waals surface area contributed by atoms with Crippen molar-refractivity contribution in [2.75, 3.05) is 20.2 Å². The molecule has 18 heavy (non-hydrogen) atoms. The summed E-state index contributed by atoms with van der Waals surface area (Å²) in [5.41, 5.74) is 1.28. The molecule has 0 fully saturated rings. The molecule has 1 aromatic carbocycles. The second kappa shape index (κ2) is 6.40. The van der Waals surface area contributed by atoms with Crippen molar-refractivity contribution >= 4 is 5.97 Å². The minimum absolute atomic E-state index is 0.152.